The van der Waals surface area contributed by atoms with Crippen molar-refractivity contribution < 1.29 is 9.59 Å². The van der Waals surface area contributed by atoms with E-state index in [1.165, 1.54) is 19.3 Å². The standard InChI is InChI=1S/C23H30ClN3O2S/c24-18-7-5-6-17(14-18)15-21-23(29)27(19-8-1-2-9-20(19)30-21)16-22(28)25-10-13-26-11-3-4-12-26/h5-7,14-15,19-20H,1-4,8-13,16H2,(H,25,28)/b21-15+. The zero-order valence-corrected chi connectivity index (χ0v) is 18.9. The molecule has 1 N–H and O–H groups in total. The molecule has 0 spiro atoms. The number of nitrogens with zero attached hydrogens (tertiary/aromatic N) is 2. The summed E-state index contributed by atoms with van der Waals surface area (Å²) < 4.78 is 0. The van der Waals surface area contributed by atoms with Crippen LogP contribution in [0, 0.1) is 0 Å². The van der Waals surface area contributed by atoms with E-state index in [1.54, 1.807) is 11.8 Å². The van der Waals surface area contributed by atoms with Crippen molar-refractivity contribution in [1.82, 2.24) is 15.1 Å². The third-order valence-corrected chi connectivity index (χ3v) is 7.86. The van der Waals surface area contributed by atoms with Crippen LogP contribution in [0.1, 0.15) is 44.1 Å². The van der Waals surface area contributed by atoms with Gasteiger partial charge in [-0.2, -0.15) is 0 Å². The molecular weight excluding hydrogens is 418 g/mol. The summed E-state index contributed by atoms with van der Waals surface area (Å²) in [6.07, 6.45) is 8.79. The highest BCUT2D eigenvalue weighted by atomic mass is 35.5. The van der Waals surface area contributed by atoms with Crippen LogP contribution >= 0.6 is 23.4 Å². The number of benzene rings is 1. The summed E-state index contributed by atoms with van der Waals surface area (Å²) in [5.41, 5.74) is 0.919. The molecule has 1 aromatic rings. The number of hydrogen-bond donors (Lipinski definition) is 1. The van der Waals surface area contributed by atoms with Crippen molar-refractivity contribution in [3.05, 3.63) is 39.8 Å². The highest BCUT2D eigenvalue weighted by molar-refractivity contribution is 8.04. The Kier molecular flexibility index (Phi) is 7.39. The maximum Gasteiger partial charge on any atom is 0.261 e. The number of halogens is 1. The number of likely N-dealkylation sites (tertiary alicyclic amines) is 1. The summed E-state index contributed by atoms with van der Waals surface area (Å²) in [4.78, 5) is 30.9. The van der Waals surface area contributed by atoms with E-state index in [1.807, 2.05) is 35.2 Å². The van der Waals surface area contributed by atoms with Crippen LogP contribution in [0.15, 0.2) is 29.2 Å². The third-order valence-electron chi connectivity index (χ3n) is 6.23. The lowest BCUT2D eigenvalue weighted by molar-refractivity contribution is -0.135. The van der Waals surface area contributed by atoms with Crippen molar-refractivity contribution >= 4 is 41.3 Å². The summed E-state index contributed by atoms with van der Waals surface area (Å²) in [5.74, 6) is -0.0845. The normalized spacial score (nSPS) is 26.1. The summed E-state index contributed by atoms with van der Waals surface area (Å²) in [5, 5.41) is 4.04. The predicted molar refractivity (Wildman–Crippen MR) is 123 cm³/mol. The van der Waals surface area contributed by atoms with Gasteiger partial charge in [0.1, 0.15) is 6.54 Å². The van der Waals surface area contributed by atoms with Gasteiger partial charge in [0.25, 0.3) is 5.91 Å². The van der Waals surface area contributed by atoms with E-state index in [-0.39, 0.29) is 24.4 Å². The number of thioether (sulfide) groups is 1. The first-order valence-electron chi connectivity index (χ1n) is 11.0. The van der Waals surface area contributed by atoms with E-state index in [0.29, 0.717) is 21.7 Å². The molecule has 2 amide bonds. The molecule has 2 atom stereocenters. The molecule has 5 nitrogen and oxygen atoms in total. The van der Waals surface area contributed by atoms with Crippen LogP contribution in [0.4, 0.5) is 0 Å². The number of hydrogen-bond acceptors (Lipinski definition) is 4. The number of carbonyl (C=O) groups excluding carboxylic acids is 2. The van der Waals surface area contributed by atoms with Gasteiger partial charge in [0.15, 0.2) is 0 Å². The van der Waals surface area contributed by atoms with Gasteiger partial charge in [-0.1, -0.05) is 36.6 Å². The average Bonchev–Trinajstić information content (AvgIpc) is 3.25. The molecule has 0 aromatic heterocycles. The monoisotopic (exact) mass is 447 g/mol. The molecule has 0 radical (unpaired) electrons. The molecule has 4 rings (SSSR count). The van der Waals surface area contributed by atoms with Gasteiger partial charge in [-0.05, 0) is 62.5 Å². The highest BCUT2D eigenvalue weighted by Crippen LogP contribution is 2.42. The fourth-order valence-corrected chi connectivity index (χ4v) is 6.35. The van der Waals surface area contributed by atoms with Crippen molar-refractivity contribution in [2.45, 2.75) is 49.8 Å². The molecule has 1 aromatic carbocycles. The Balaban J connectivity index is 1.43. The molecule has 1 saturated carbocycles. The Labute approximate surface area is 188 Å². The minimum absolute atomic E-state index is 0.0298. The SMILES string of the molecule is O=C(CN1C(=O)/C(=C\c2cccc(Cl)c2)SC2CCCCC21)NCCN1CCCC1. The Morgan fingerprint density at radius 1 is 1.20 bits per heavy atom. The molecule has 2 saturated heterocycles. The summed E-state index contributed by atoms with van der Waals surface area (Å²) in [6.45, 7) is 3.93. The summed E-state index contributed by atoms with van der Waals surface area (Å²) >= 11 is 7.79. The number of rotatable bonds is 6. The van der Waals surface area contributed by atoms with Gasteiger partial charge in [0.2, 0.25) is 5.91 Å². The molecule has 0 bridgehead atoms. The maximum absolute atomic E-state index is 13.3. The molecule has 30 heavy (non-hydrogen) atoms. The van der Waals surface area contributed by atoms with Gasteiger partial charge >= 0.3 is 0 Å². The summed E-state index contributed by atoms with van der Waals surface area (Å²) in [6, 6.07) is 7.69. The number of amides is 2. The van der Waals surface area contributed by atoms with Crippen LogP contribution in [0.2, 0.25) is 5.02 Å². The quantitative estimate of drug-likeness (QED) is 0.674. The first-order valence-corrected chi connectivity index (χ1v) is 12.3. The number of nitrogens with one attached hydrogen (secondary N) is 1. The van der Waals surface area contributed by atoms with Crippen LogP contribution in [0.25, 0.3) is 6.08 Å². The zero-order valence-electron chi connectivity index (χ0n) is 17.3. The molecule has 2 heterocycles. The fourth-order valence-electron chi connectivity index (χ4n) is 4.68. The van der Waals surface area contributed by atoms with Crippen LogP contribution in [0.5, 0.6) is 0 Å². The van der Waals surface area contributed by atoms with Gasteiger partial charge < -0.3 is 15.1 Å². The largest absolute Gasteiger partial charge is 0.353 e. The topological polar surface area (TPSA) is 52.7 Å². The molecule has 162 valence electrons. The second-order valence-corrected chi connectivity index (χ2v) is 10.1. The van der Waals surface area contributed by atoms with E-state index in [2.05, 4.69) is 10.2 Å². The van der Waals surface area contributed by atoms with Crippen LogP contribution < -0.4 is 5.32 Å². The smallest absolute Gasteiger partial charge is 0.261 e. The van der Waals surface area contributed by atoms with E-state index in [9.17, 15) is 9.59 Å². The van der Waals surface area contributed by atoms with Gasteiger partial charge in [-0.3, -0.25) is 9.59 Å². The Hall–Kier alpha value is -1.50. The average molecular weight is 448 g/mol. The van der Waals surface area contributed by atoms with Crippen molar-refractivity contribution in [2.24, 2.45) is 0 Å². The second-order valence-electron chi connectivity index (χ2n) is 8.40. The summed E-state index contributed by atoms with van der Waals surface area (Å²) in [7, 11) is 0. The highest BCUT2D eigenvalue weighted by Gasteiger charge is 2.41. The van der Waals surface area contributed by atoms with E-state index < -0.39 is 0 Å². The minimum atomic E-state index is -0.0547. The van der Waals surface area contributed by atoms with Crippen molar-refractivity contribution in [1.29, 1.82) is 0 Å². The first kappa shape index (κ1) is 21.7. The molecule has 2 unspecified atom stereocenters. The Morgan fingerprint density at radius 3 is 2.80 bits per heavy atom. The molecule has 1 aliphatic carbocycles. The Bertz CT molecular complexity index is 809. The third kappa shape index (κ3) is 5.40. The molecular formula is C23H30ClN3O2S. The van der Waals surface area contributed by atoms with Crippen LogP contribution in [-0.4, -0.2) is 65.6 Å². The van der Waals surface area contributed by atoms with Gasteiger partial charge in [-0.15, -0.1) is 11.8 Å². The van der Waals surface area contributed by atoms with Crippen LogP contribution in [0.3, 0.4) is 0 Å². The van der Waals surface area contributed by atoms with Crippen molar-refractivity contribution in [3.63, 3.8) is 0 Å². The first-order chi connectivity index (χ1) is 14.6. The molecule has 3 aliphatic rings. The molecule has 2 aliphatic heterocycles. The van der Waals surface area contributed by atoms with Crippen LogP contribution in [-0.2, 0) is 9.59 Å². The predicted octanol–water partition coefficient (Wildman–Crippen LogP) is 3.78. The fraction of sp³-hybridized carbons (Fsp3) is 0.565. The molecule has 7 heteroatoms. The van der Waals surface area contributed by atoms with Crippen molar-refractivity contribution in [3.8, 4) is 0 Å². The van der Waals surface area contributed by atoms with Crippen molar-refractivity contribution in [2.75, 3.05) is 32.7 Å². The zero-order chi connectivity index (χ0) is 20.9. The van der Waals surface area contributed by atoms with Gasteiger partial charge in [0, 0.05) is 29.4 Å². The van der Waals surface area contributed by atoms with E-state index >= 15 is 0 Å². The lowest BCUT2D eigenvalue weighted by atomic mass is 9.93. The number of fused-ring (bicyclic) bond motifs is 1. The van der Waals surface area contributed by atoms with E-state index in [4.69, 9.17) is 11.6 Å². The minimum Gasteiger partial charge on any atom is -0.353 e. The second kappa shape index (κ2) is 10.2. The molecule has 3 fully saturated rings. The number of carbonyl (C=O) groups is 2. The lowest BCUT2D eigenvalue weighted by Gasteiger charge is -2.43. The van der Waals surface area contributed by atoms with E-state index in [0.717, 1.165) is 44.5 Å². The maximum atomic E-state index is 13.3. The van der Waals surface area contributed by atoms with Gasteiger partial charge in [0.05, 0.1) is 4.91 Å². The Morgan fingerprint density at radius 2 is 2.00 bits per heavy atom. The van der Waals surface area contributed by atoms with Gasteiger partial charge in [-0.25, -0.2) is 0 Å². The lowest BCUT2D eigenvalue weighted by Crippen LogP contribution is -2.54.